The maximum Gasteiger partial charge on any atom is 0.418 e. The van der Waals surface area contributed by atoms with Gasteiger partial charge in [-0.1, -0.05) is 12.1 Å². The number of ether oxygens (including phenoxy) is 1. The molecule has 1 saturated heterocycles. The SMILES string of the molecule is FC(F)(F)c1ccccc1-n1cc(OCC2CNC2)cn1. The molecule has 0 atom stereocenters. The molecule has 0 amide bonds. The highest BCUT2D eigenvalue weighted by Gasteiger charge is 2.33. The Morgan fingerprint density at radius 1 is 1.29 bits per heavy atom. The Bertz CT molecular complexity index is 620. The van der Waals surface area contributed by atoms with Crippen molar-refractivity contribution in [1.82, 2.24) is 15.1 Å². The first kappa shape index (κ1) is 13.9. The van der Waals surface area contributed by atoms with Gasteiger partial charge >= 0.3 is 6.18 Å². The summed E-state index contributed by atoms with van der Waals surface area (Å²) in [6.07, 6.45) is -1.52. The van der Waals surface area contributed by atoms with Crippen LogP contribution >= 0.6 is 0 Å². The lowest BCUT2D eigenvalue weighted by Crippen LogP contribution is -2.45. The van der Waals surface area contributed by atoms with E-state index in [-0.39, 0.29) is 5.69 Å². The van der Waals surface area contributed by atoms with Crippen molar-refractivity contribution >= 4 is 0 Å². The summed E-state index contributed by atoms with van der Waals surface area (Å²) in [6, 6.07) is 5.33. The molecule has 1 fully saturated rings. The normalized spacial score (nSPS) is 15.8. The van der Waals surface area contributed by atoms with Crippen LogP contribution in [0.5, 0.6) is 5.75 Å². The van der Waals surface area contributed by atoms with Crippen LogP contribution < -0.4 is 10.1 Å². The summed E-state index contributed by atoms with van der Waals surface area (Å²) in [4.78, 5) is 0. The number of rotatable bonds is 4. The van der Waals surface area contributed by atoms with E-state index >= 15 is 0 Å². The fraction of sp³-hybridized carbons (Fsp3) is 0.357. The van der Waals surface area contributed by atoms with Gasteiger partial charge in [-0.3, -0.25) is 0 Å². The highest BCUT2D eigenvalue weighted by atomic mass is 19.4. The van der Waals surface area contributed by atoms with Crippen molar-refractivity contribution in [1.29, 1.82) is 0 Å². The summed E-state index contributed by atoms with van der Waals surface area (Å²) in [6.45, 7) is 2.36. The largest absolute Gasteiger partial charge is 0.490 e. The number of alkyl halides is 3. The number of nitrogens with one attached hydrogen (secondary N) is 1. The third-order valence-electron chi connectivity index (χ3n) is 3.37. The molecule has 0 saturated carbocycles. The Morgan fingerprint density at radius 2 is 2.05 bits per heavy atom. The van der Waals surface area contributed by atoms with Crippen LogP contribution in [0.15, 0.2) is 36.7 Å². The van der Waals surface area contributed by atoms with Gasteiger partial charge in [-0.15, -0.1) is 0 Å². The molecule has 0 unspecified atom stereocenters. The minimum Gasteiger partial charge on any atom is -0.490 e. The van der Waals surface area contributed by atoms with Crippen molar-refractivity contribution in [3.05, 3.63) is 42.2 Å². The Morgan fingerprint density at radius 3 is 2.71 bits per heavy atom. The molecular weight excluding hydrogens is 283 g/mol. The van der Waals surface area contributed by atoms with Crippen LogP contribution in [0.1, 0.15) is 5.56 Å². The third-order valence-corrected chi connectivity index (χ3v) is 3.37. The smallest absolute Gasteiger partial charge is 0.418 e. The summed E-state index contributed by atoms with van der Waals surface area (Å²) < 4.78 is 45.6. The molecule has 2 heterocycles. The first-order valence-corrected chi connectivity index (χ1v) is 6.59. The lowest BCUT2D eigenvalue weighted by Gasteiger charge is -2.26. The number of hydrogen-bond donors (Lipinski definition) is 1. The average Bonchev–Trinajstić information content (AvgIpc) is 2.85. The fourth-order valence-electron chi connectivity index (χ4n) is 2.11. The second-order valence-corrected chi connectivity index (χ2v) is 4.97. The number of nitrogens with zero attached hydrogens (tertiary/aromatic N) is 2. The van der Waals surface area contributed by atoms with E-state index in [9.17, 15) is 13.2 Å². The van der Waals surface area contributed by atoms with Crippen molar-refractivity contribution in [2.24, 2.45) is 5.92 Å². The van der Waals surface area contributed by atoms with E-state index in [1.54, 1.807) is 6.07 Å². The molecule has 0 aliphatic carbocycles. The maximum absolute atomic E-state index is 13.0. The molecule has 1 aliphatic rings. The lowest BCUT2D eigenvalue weighted by molar-refractivity contribution is -0.137. The monoisotopic (exact) mass is 297 g/mol. The number of para-hydroxylation sites is 1. The Balaban J connectivity index is 1.79. The van der Waals surface area contributed by atoms with Gasteiger partial charge in [0.15, 0.2) is 5.75 Å². The summed E-state index contributed by atoms with van der Waals surface area (Å²) in [7, 11) is 0. The molecule has 2 aromatic rings. The summed E-state index contributed by atoms with van der Waals surface area (Å²) in [5.74, 6) is 0.926. The van der Waals surface area contributed by atoms with E-state index in [4.69, 9.17) is 4.74 Å². The second kappa shape index (κ2) is 5.40. The molecule has 3 rings (SSSR count). The number of benzene rings is 1. The Labute approximate surface area is 119 Å². The van der Waals surface area contributed by atoms with E-state index < -0.39 is 11.7 Å². The van der Waals surface area contributed by atoms with Crippen molar-refractivity contribution in [3.8, 4) is 11.4 Å². The Hall–Kier alpha value is -2.02. The number of hydrogen-bond acceptors (Lipinski definition) is 3. The van der Waals surface area contributed by atoms with E-state index in [1.807, 2.05) is 0 Å². The summed E-state index contributed by atoms with van der Waals surface area (Å²) >= 11 is 0. The van der Waals surface area contributed by atoms with Crippen LogP contribution in [-0.4, -0.2) is 29.5 Å². The van der Waals surface area contributed by atoms with Crippen molar-refractivity contribution in [3.63, 3.8) is 0 Å². The molecule has 0 bridgehead atoms. The second-order valence-electron chi connectivity index (χ2n) is 4.97. The molecular formula is C14H14F3N3O. The van der Waals surface area contributed by atoms with Gasteiger partial charge in [0.2, 0.25) is 0 Å². The van der Waals surface area contributed by atoms with Gasteiger partial charge in [-0.25, -0.2) is 4.68 Å². The standard InChI is InChI=1S/C14H14F3N3O/c15-14(16,17)12-3-1-2-4-13(12)20-8-11(7-19-20)21-9-10-5-18-6-10/h1-4,7-8,10,18H,5-6,9H2. The molecule has 112 valence electrons. The first-order valence-electron chi connectivity index (χ1n) is 6.59. The van der Waals surface area contributed by atoms with Crippen LogP contribution in [-0.2, 0) is 6.18 Å². The van der Waals surface area contributed by atoms with Gasteiger partial charge in [0, 0.05) is 19.0 Å². The van der Waals surface area contributed by atoms with Crippen LogP contribution in [0, 0.1) is 5.92 Å². The van der Waals surface area contributed by atoms with Crippen molar-refractivity contribution in [2.75, 3.05) is 19.7 Å². The van der Waals surface area contributed by atoms with Crippen LogP contribution in [0.3, 0.4) is 0 Å². The highest BCUT2D eigenvalue weighted by Crippen LogP contribution is 2.33. The first-order chi connectivity index (χ1) is 10.0. The topological polar surface area (TPSA) is 39.1 Å². The molecule has 0 spiro atoms. The number of halogens is 3. The number of aromatic nitrogens is 2. The zero-order chi connectivity index (χ0) is 14.9. The molecule has 21 heavy (non-hydrogen) atoms. The summed E-state index contributed by atoms with van der Waals surface area (Å²) in [5.41, 5.74) is -0.729. The molecule has 1 aromatic carbocycles. The van der Waals surface area contributed by atoms with Crippen LogP contribution in [0.4, 0.5) is 13.2 Å². The summed E-state index contributed by atoms with van der Waals surface area (Å²) in [5, 5.41) is 7.09. The predicted octanol–water partition coefficient (Wildman–Crippen LogP) is 2.49. The van der Waals surface area contributed by atoms with Crippen molar-refractivity contribution in [2.45, 2.75) is 6.18 Å². The zero-order valence-electron chi connectivity index (χ0n) is 11.1. The molecule has 7 heteroatoms. The van der Waals surface area contributed by atoms with Gasteiger partial charge in [-0.05, 0) is 12.1 Å². The van der Waals surface area contributed by atoms with Crippen LogP contribution in [0.25, 0.3) is 5.69 Å². The van der Waals surface area contributed by atoms with Gasteiger partial charge in [0.05, 0.1) is 30.3 Å². The molecule has 1 aliphatic heterocycles. The van der Waals surface area contributed by atoms with Gasteiger partial charge in [0.25, 0.3) is 0 Å². The Kier molecular flexibility index (Phi) is 3.59. The molecule has 1 aromatic heterocycles. The molecule has 0 radical (unpaired) electrons. The van der Waals surface area contributed by atoms with E-state index in [1.165, 1.54) is 29.2 Å². The van der Waals surface area contributed by atoms with Crippen LogP contribution in [0.2, 0.25) is 0 Å². The van der Waals surface area contributed by atoms with Gasteiger partial charge in [0.1, 0.15) is 0 Å². The maximum atomic E-state index is 13.0. The van der Waals surface area contributed by atoms with Gasteiger partial charge < -0.3 is 10.1 Å². The molecule has 1 N–H and O–H groups in total. The minimum atomic E-state index is -4.42. The van der Waals surface area contributed by atoms with E-state index in [2.05, 4.69) is 10.4 Å². The predicted molar refractivity (Wildman–Crippen MR) is 70.4 cm³/mol. The van der Waals surface area contributed by atoms with Gasteiger partial charge in [-0.2, -0.15) is 18.3 Å². The average molecular weight is 297 g/mol. The quantitative estimate of drug-likeness (QED) is 0.942. The third kappa shape index (κ3) is 3.02. The highest BCUT2D eigenvalue weighted by molar-refractivity contribution is 5.42. The lowest BCUT2D eigenvalue weighted by atomic mass is 10.1. The van der Waals surface area contributed by atoms with E-state index in [0.717, 1.165) is 19.2 Å². The minimum absolute atomic E-state index is 0.00911. The van der Waals surface area contributed by atoms with Crippen molar-refractivity contribution < 1.29 is 17.9 Å². The molecule has 4 nitrogen and oxygen atoms in total. The zero-order valence-corrected chi connectivity index (χ0v) is 11.1. The fourth-order valence-corrected chi connectivity index (χ4v) is 2.11. The van der Waals surface area contributed by atoms with E-state index in [0.29, 0.717) is 18.3 Å².